The predicted molar refractivity (Wildman–Crippen MR) is 95.1 cm³/mol. The maximum atomic E-state index is 11.7. The molecule has 0 aliphatic heterocycles. The number of esters is 1. The van der Waals surface area contributed by atoms with Gasteiger partial charge >= 0.3 is 5.97 Å². The Kier molecular flexibility index (Phi) is 11.4. The lowest BCUT2D eigenvalue weighted by molar-refractivity contribution is -0.144. The van der Waals surface area contributed by atoms with Gasteiger partial charge in [-0.2, -0.15) is 0 Å². The van der Waals surface area contributed by atoms with Gasteiger partial charge in [0.1, 0.15) is 24.7 Å². The zero-order valence-corrected chi connectivity index (χ0v) is 14.8. The summed E-state index contributed by atoms with van der Waals surface area (Å²) in [4.78, 5) is 23.2. The lowest BCUT2D eigenvalue weighted by Crippen LogP contribution is -2.12. The number of unbranched alkanes of at least 4 members (excludes halogenated alkanes) is 4. The van der Waals surface area contributed by atoms with Gasteiger partial charge in [0.15, 0.2) is 0 Å². The molecule has 0 saturated carbocycles. The van der Waals surface area contributed by atoms with Crippen LogP contribution in [0, 0.1) is 0 Å². The molecule has 134 valence electrons. The largest absolute Gasteiger partial charge is 0.490 e. The van der Waals surface area contributed by atoms with Crippen molar-refractivity contribution < 1.29 is 19.1 Å². The van der Waals surface area contributed by atoms with Crippen LogP contribution in [0.5, 0.6) is 5.75 Å². The molecule has 0 spiro atoms. The van der Waals surface area contributed by atoms with Crippen LogP contribution in [0.1, 0.15) is 64.7 Å². The van der Waals surface area contributed by atoms with E-state index < -0.39 is 0 Å². The van der Waals surface area contributed by atoms with Gasteiger partial charge in [-0.05, 0) is 31.4 Å². The van der Waals surface area contributed by atoms with Crippen LogP contribution in [0.3, 0.4) is 0 Å². The van der Waals surface area contributed by atoms with E-state index >= 15 is 0 Å². The maximum absolute atomic E-state index is 11.7. The van der Waals surface area contributed by atoms with E-state index in [0.717, 1.165) is 25.0 Å². The molecule has 0 bridgehead atoms. The zero-order chi connectivity index (χ0) is 17.5. The van der Waals surface area contributed by atoms with Crippen LogP contribution in [0.25, 0.3) is 0 Å². The van der Waals surface area contributed by atoms with E-state index in [1.165, 1.54) is 12.8 Å². The van der Waals surface area contributed by atoms with E-state index in [-0.39, 0.29) is 12.6 Å². The highest BCUT2D eigenvalue weighted by atomic mass is 16.6. The Morgan fingerprint density at radius 1 is 0.833 bits per heavy atom. The van der Waals surface area contributed by atoms with Gasteiger partial charge in [0.2, 0.25) is 0 Å². The van der Waals surface area contributed by atoms with E-state index in [1.807, 2.05) is 30.3 Å². The molecular formula is C20H30O4. The number of ketones is 1. The van der Waals surface area contributed by atoms with Crippen molar-refractivity contribution >= 4 is 11.8 Å². The van der Waals surface area contributed by atoms with E-state index in [4.69, 9.17) is 9.47 Å². The molecule has 0 N–H and O–H groups in total. The van der Waals surface area contributed by atoms with Crippen molar-refractivity contribution in [2.24, 2.45) is 0 Å². The molecule has 0 aromatic heterocycles. The summed E-state index contributed by atoms with van der Waals surface area (Å²) in [6, 6.07) is 9.43. The Morgan fingerprint density at radius 2 is 1.50 bits per heavy atom. The number of rotatable bonds is 14. The summed E-state index contributed by atoms with van der Waals surface area (Å²) in [5.74, 6) is 0.865. The molecule has 1 rings (SSSR count). The Labute approximate surface area is 145 Å². The summed E-state index contributed by atoms with van der Waals surface area (Å²) in [6.45, 7) is 2.77. The molecule has 1 aromatic rings. The van der Waals surface area contributed by atoms with Crippen molar-refractivity contribution in [3.63, 3.8) is 0 Å². The van der Waals surface area contributed by atoms with Crippen LogP contribution in [-0.4, -0.2) is 25.0 Å². The van der Waals surface area contributed by atoms with Crippen molar-refractivity contribution in [1.82, 2.24) is 0 Å². The first kappa shape index (κ1) is 20.2. The monoisotopic (exact) mass is 334 g/mol. The Hall–Kier alpha value is -1.84. The van der Waals surface area contributed by atoms with Crippen LogP contribution >= 0.6 is 0 Å². The zero-order valence-electron chi connectivity index (χ0n) is 14.8. The number of hydrogen-bond donors (Lipinski definition) is 0. The van der Waals surface area contributed by atoms with E-state index in [1.54, 1.807) is 0 Å². The van der Waals surface area contributed by atoms with Crippen molar-refractivity contribution in [2.75, 3.05) is 13.2 Å². The molecule has 0 fully saturated rings. The highest BCUT2D eigenvalue weighted by Gasteiger charge is 2.05. The first-order valence-corrected chi connectivity index (χ1v) is 9.07. The predicted octanol–water partition coefficient (Wildman–Crippen LogP) is 4.71. The van der Waals surface area contributed by atoms with Gasteiger partial charge in [0, 0.05) is 19.3 Å². The van der Waals surface area contributed by atoms with Gasteiger partial charge in [-0.1, -0.05) is 44.4 Å². The van der Waals surface area contributed by atoms with Crippen molar-refractivity contribution in [3.05, 3.63) is 30.3 Å². The third-order valence-electron chi connectivity index (χ3n) is 3.75. The number of para-hydroxylation sites is 1. The second-order valence-electron chi connectivity index (χ2n) is 5.94. The maximum Gasteiger partial charge on any atom is 0.305 e. The van der Waals surface area contributed by atoms with Crippen LogP contribution in [0.2, 0.25) is 0 Å². The smallest absolute Gasteiger partial charge is 0.305 e. The fraction of sp³-hybridized carbons (Fsp3) is 0.600. The molecule has 1 aromatic carbocycles. The van der Waals surface area contributed by atoms with Crippen LogP contribution in [-0.2, 0) is 14.3 Å². The highest BCUT2D eigenvalue weighted by molar-refractivity contribution is 5.78. The summed E-state index contributed by atoms with van der Waals surface area (Å²) < 4.78 is 10.6. The number of benzene rings is 1. The van der Waals surface area contributed by atoms with Crippen molar-refractivity contribution in [3.8, 4) is 5.75 Å². The van der Waals surface area contributed by atoms with Crippen molar-refractivity contribution in [1.29, 1.82) is 0 Å². The normalized spacial score (nSPS) is 10.4. The first-order valence-electron chi connectivity index (χ1n) is 9.07. The molecule has 4 heteroatoms. The summed E-state index contributed by atoms with van der Waals surface area (Å²) in [7, 11) is 0. The Morgan fingerprint density at radius 3 is 2.21 bits per heavy atom. The summed E-state index contributed by atoms with van der Waals surface area (Å²) in [6.07, 6.45) is 7.63. The molecular weight excluding hydrogens is 304 g/mol. The molecule has 24 heavy (non-hydrogen) atoms. The van der Waals surface area contributed by atoms with Gasteiger partial charge in [-0.15, -0.1) is 0 Å². The van der Waals surface area contributed by atoms with Crippen LogP contribution in [0.15, 0.2) is 30.3 Å². The van der Waals surface area contributed by atoms with Gasteiger partial charge in [0.25, 0.3) is 0 Å². The lowest BCUT2D eigenvalue weighted by Gasteiger charge is -2.07. The number of ether oxygens (including phenoxy) is 2. The Bertz CT molecular complexity index is 456. The fourth-order valence-electron chi connectivity index (χ4n) is 2.37. The second kappa shape index (κ2) is 13.6. The topological polar surface area (TPSA) is 52.6 Å². The summed E-state index contributed by atoms with van der Waals surface area (Å²) in [5, 5.41) is 0. The highest BCUT2D eigenvalue weighted by Crippen LogP contribution is 2.09. The molecule has 0 aliphatic rings. The third kappa shape index (κ3) is 10.8. The minimum atomic E-state index is -0.220. The standard InChI is InChI=1S/C20H30O4/c1-2-3-4-6-11-18(21)12-9-10-15-20(22)24-17-16-23-19-13-7-5-8-14-19/h5,7-8,13-14H,2-4,6,9-12,15-17H2,1H3. The molecule has 0 unspecified atom stereocenters. The van der Waals surface area contributed by atoms with Crippen molar-refractivity contribution in [2.45, 2.75) is 64.7 Å². The minimum Gasteiger partial charge on any atom is -0.490 e. The lowest BCUT2D eigenvalue weighted by atomic mass is 10.1. The van der Waals surface area contributed by atoms with E-state index in [0.29, 0.717) is 38.1 Å². The first-order chi connectivity index (χ1) is 11.7. The van der Waals surface area contributed by atoms with Gasteiger partial charge in [-0.3, -0.25) is 9.59 Å². The molecule has 4 nitrogen and oxygen atoms in total. The molecule has 0 amide bonds. The molecule has 0 heterocycles. The molecule has 0 saturated heterocycles. The Balaban J connectivity index is 1.93. The van der Waals surface area contributed by atoms with E-state index in [9.17, 15) is 9.59 Å². The SMILES string of the molecule is CCCCCCC(=O)CCCCC(=O)OCCOc1ccccc1. The second-order valence-corrected chi connectivity index (χ2v) is 5.94. The van der Waals surface area contributed by atoms with Gasteiger partial charge < -0.3 is 9.47 Å². The van der Waals surface area contributed by atoms with Gasteiger partial charge in [0.05, 0.1) is 0 Å². The van der Waals surface area contributed by atoms with Gasteiger partial charge in [-0.25, -0.2) is 0 Å². The number of hydrogen-bond acceptors (Lipinski definition) is 4. The number of Topliss-reactive ketones (excluding diaryl/α,β-unsaturated/α-hetero) is 1. The average molecular weight is 334 g/mol. The molecule has 0 atom stereocenters. The number of carbonyl (C=O) groups is 2. The molecule has 0 aliphatic carbocycles. The van der Waals surface area contributed by atoms with E-state index in [2.05, 4.69) is 6.92 Å². The molecule has 0 radical (unpaired) electrons. The third-order valence-corrected chi connectivity index (χ3v) is 3.75. The van der Waals surface area contributed by atoms with Crippen LogP contribution < -0.4 is 4.74 Å². The van der Waals surface area contributed by atoms with Crippen LogP contribution in [0.4, 0.5) is 0 Å². The quantitative estimate of drug-likeness (QED) is 0.365. The summed E-state index contributed by atoms with van der Waals surface area (Å²) in [5.41, 5.74) is 0. The number of carbonyl (C=O) groups excluding carboxylic acids is 2. The fourth-order valence-corrected chi connectivity index (χ4v) is 2.37. The summed E-state index contributed by atoms with van der Waals surface area (Å²) >= 11 is 0. The minimum absolute atomic E-state index is 0.220. The average Bonchev–Trinajstić information content (AvgIpc) is 2.60.